The minimum absolute atomic E-state index is 0.108. The fourth-order valence-corrected chi connectivity index (χ4v) is 2.89. The summed E-state index contributed by atoms with van der Waals surface area (Å²) < 4.78 is 1.75. The van der Waals surface area contributed by atoms with Crippen molar-refractivity contribution in [3.63, 3.8) is 0 Å². The van der Waals surface area contributed by atoms with Crippen molar-refractivity contribution in [3.8, 4) is 0 Å². The number of anilines is 1. The Bertz CT molecular complexity index is 965. The van der Waals surface area contributed by atoms with Crippen LogP contribution in [0.3, 0.4) is 0 Å². The van der Waals surface area contributed by atoms with Crippen molar-refractivity contribution in [2.24, 2.45) is 7.05 Å². The number of aryl methyl sites for hydroxylation is 1. The molecule has 0 fully saturated rings. The van der Waals surface area contributed by atoms with E-state index in [0.717, 1.165) is 10.9 Å². The van der Waals surface area contributed by atoms with Gasteiger partial charge in [-0.1, -0.05) is 29.8 Å². The summed E-state index contributed by atoms with van der Waals surface area (Å²) in [6.07, 6.45) is 0.108. The number of para-hydroxylation sites is 1. The van der Waals surface area contributed by atoms with Crippen molar-refractivity contribution < 1.29 is 9.59 Å². The molecule has 3 rings (SSSR count). The van der Waals surface area contributed by atoms with Gasteiger partial charge >= 0.3 is 0 Å². The van der Waals surface area contributed by atoms with Gasteiger partial charge in [0, 0.05) is 24.5 Å². The second kappa shape index (κ2) is 6.94. The van der Waals surface area contributed by atoms with E-state index in [1.54, 1.807) is 16.8 Å². The van der Waals surface area contributed by atoms with Gasteiger partial charge in [-0.05, 0) is 24.3 Å². The number of benzene rings is 2. The minimum Gasteiger partial charge on any atom is -0.355 e. The van der Waals surface area contributed by atoms with Crippen LogP contribution in [0.1, 0.15) is 16.1 Å². The molecular weight excluding hydrogens is 340 g/mol. The lowest BCUT2D eigenvalue weighted by Gasteiger charge is -2.10. The monoisotopic (exact) mass is 356 g/mol. The van der Waals surface area contributed by atoms with Crippen molar-refractivity contribution in [2.75, 3.05) is 12.4 Å². The van der Waals surface area contributed by atoms with Crippen LogP contribution in [0.2, 0.25) is 5.02 Å². The zero-order valence-electron chi connectivity index (χ0n) is 13.8. The van der Waals surface area contributed by atoms with E-state index in [9.17, 15) is 9.59 Å². The molecule has 1 aromatic heterocycles. The Kier molecular flexibility index (Phi) is 4.72. The van der Waals surface area contributed by atoms with Crippen LogP contribution >= 0.6 is 11.6 Å². The van der Waals surface area contributed by atoms with E-state index < -0.39 is 0 Å². The lowest BCUT2D eigenvalue weighted by Crippen LogP contribution is -2.22. The molecule has 0 radical (unpaired) electrons. The number of rotatable bonds is 4. The van der Waals surface area contributed by atoms with Crippen LogP contribution < -0.4 is 10.6 Å². The number of nitrogens with zero attached hydrogens (tertiary/aromatic N) is 2. The minimum atomic E-state index is -0.318. The van der Waals surface area contributed by atoms with Gasteiger partial charge < -0.3 is 10.6 Å². The molecule has 0 atom stereocenters. The first kappa shape index (κ1) is 17.0. The number of amides is 2. The Morgan fingerprint density at radius 2 is 1.96 bits per heavy atom. The fraction of sp³-hybridized carbons (Fsp3) is 0.167. The molecule has 2 N–H and O–H groups in total. The van der Waals surface area contributed by atoms with E-state index in [1.165, 1.54) is 13.1 Å². The maximum atomic E-state index is 12.5. The molecule has 128 valence electrons. The molecule has 7 heteroatoms. The maximum Gasteiger partial charge on any atom is 0.253 e. The largest absolute Gasteiger partial charge is 0.355 e. The molecule has 6 nitrogen and oxygen atoms in total. The van der Waals surface area contributed by atoms with Gasteiger partial charge in [-0.15, -0.1) is 0 Å². The van der Waals surface area contributed by atoms with E-state index in [2.05, 4.69) is 15.7 Å². The molecule has 0 saturated heterocycles. The van der Waals surface area contributed by atoms with Gasteiger partial charge in [-0.3, -0.25) is 14.3 Å². The summed E-state index contributed by atoms with van der Waals surface area (Å²) in [5, 5.41) is 11.1. The summed E-state index contributed by atoms with van der Waals surface area (Å²) in [7, 11) is 3.36. The maximum absolute atomic E-state index is 12.5. The standard InChI is InChI=1S/C18H17ClN4O2/c1-20-18(25)13-9-11(19)7-8-14(13)21-17(24)10-15-12-5-3-4-6-16(12)23(2)22-15/h3-9H,10H2,1-2H3,(H,20,25)(H,21,24). The molecular formula is C18H17ClN4O2. The zero-order valence-corrected chi connectivity index (χ0v) is 14.6. The third-order valence-corrected chi connectivity index (χ3v) is 4.12. The number of nitrogens with one attached hydrogen (secondary N) is 2. The van der Waals surface area contributed by atoms with Crippen molar-refractivity contribution in [1.82, 2.24) is 15.1 Å². The fourth-order valence-electron chi connectivity index (χ4n) is 2.71. The number of carbonyl (C=O) groups excluding carboxylic acids is 2. The van der Waals surface area contributed by atoms with Gasteiger partial charge in [0.2, 0.25) is 5.91 Å². The average Bonchev–Trinajstić information content (AvgIpc) is 2.92. The van der Waals surface area contributed by atoms with Crippen molar-refractivity contribution in [3.05, 3.63) is 58.7 Å². The van der Waals surface area contributed by atoms with E-state index in [-0.39, 0.29) is 18.2 Å². The number of hydrogen-bond acceptors (Lipinski definition) is 3. The first-order valence-electron chi connectivity index (χ1n) is 7.71. The Balaban J connectivity index is 1.84. The van der Waals surface area contributed by atoms with E-state index in [0.29, 0.717) is 22.0 Å². The molecule has 0 aliphatic heterocycles. The highest BCUT2D eigenvalue weighted by molar-refractivity contribution is 6.31. The normalized spacial score (nSPS) is 10.7. The van der Waals surface area contributed by atoms with Gasteiger partial charge in [-0.2, -0.15) is 5.10 Å². The summed E-state index contributed by atoms with van der Waals surface area (Å²) in [6.45, 7) is 0. The smallest absolute Gasteiger partial charge is 0.253 e. The van der Waals surface area contributed by atoms with Crippen molar-refractivity contribution in [2.45, 2.75) is 6.42 Å². The zero-order chi connectivity index (χ0) is 18.0. The SMILES string of the molecule is CNC(=O)c1cc(Cl)ccc1NC(=O)Cc1nn(C)c2ccccc12. The first-order chi connectivity index (χ1) is 12.0. The molecule has 0 spiro atoms. The second-order valence-electron chi connectivity index (χ2n) is 5.58. The van der Waals surface area contributed by atoms with Crippen LogP contribution in [0.4, 0.5) is 5.69 Å². The van der Waals surface area contributed by atoms with Crippen LogP contribution in [0.25, 0.3) is 10.9 Å². The van der Waals surface area contributed by atoms with Crippen LogP contribution in [0.15, 0.2) is 42.5 Å². The lowest BCUT2D eigenvalue weighted by atomic mass is 10.1. The van der Waals surface area contributed by atoms with Gasteiger partial charge in [0.05, 0.1) is 28.9 Å². The molecule has 0 bridgehead atoms. The number of hydrogen-bond donors (Lipinski definition) is 2. The van der Waals surface area contributed by atoms with Crippen LogP contribution in [-0.4, -0.2) is 28.6 Å². The molecule has 2 amide bonds. The third-order valence-electron chi connectivity index (χ3n) is 3.89. The number of carbonyl (C=O) groups is 2. The predicted octanol–water partition coefficient (Wildman–Crippen LogP) is 2.77. The number of fused-ring (bicyclic) bond motifs is 1. The topological polar surface area (TPSA) is 76.0 Å². The summed E-state index contributed by atoms with van der Waals surface area (Å²) >= 11 is 5.95. The van der Waals surface area contributed by atoms with Crippen LogP contribution in [0.5, 0.6) is 0 Å². The second-order valence-corrected chi connectivity index (χ2v) is 6.02. The lowest BCUT2D eigenvalue weighted by molar-refractivity contribution is -0.115. The van der Waals surface area contributed by atoms with E-state index in [1.807, 2.05) is 31.3 Å². The molecule has 25 heavy (non-hydrogen) atoms. The summed E-state index contributed by atoms with van der Waals surface area (Å²) in [5.41, 5.74) is 2.37. The van der Waals surface area contributed by atoms with Gasteiger partial charge in [-0.25, -0.2) is 0 Å². The average molecular weight is 357 g/mol. The van der Waals surface area contributed by atoms with Crippen molar-refractivity contribution in [1.29, 1.82) is 0 Å². The summed E-state index contributed by atoms with van der Waals surface area (Å²) in [6, 6.07) is 12.5. The highest BCUT2D eigenvalue weighted by Gasteiger charge is 2.16. The molecule has 0 unspecified atom stereocenters. The van der Waals surface area contributed by atoms with Crippen LogP contribution in [-0.2, 0) is 18.3 Å². The molecule has 2 aromatic carbocycles. The quantitative estimate of drug-likeness (QED) is 0.754. The summed E-state index contributed by atoms with van der Waals surface area (Å²) in [4.78, 5) is 24.4. The van der Waals surface area contributed by atoms with E-state index in [4.69, 9.17) is 11.6 Å². The van der Waals surface area contributed by atoms with Crippen molar-refractivity contribution >= 4 is 40.0 Å². The molecule has 3 aromatic rings. The number of aromatic nitrogens is 2. The Morgan fingerprint density at radius 1 is 1.20 bits per heavy atom. The molecule has 0 aliphatic carbocycles. The molecule has 0 aliphatic rings. The van der Waals surface area contributed by atoms with Crippen LogP contribution in [0, 0.1) is 0 Å². The highest BCUT2D eigenvalue weighted by atomic mass is 35.5. The predicted molar refractivity (Wildman–Crippen MR) is 97.9 cm³/mol. The van der Waals surface area contributed by atoms with E-state index >= 15 is 0 Å². The highest BCUT2D eigenvalue weighted by Crippen LogP contribution is 2.22. The molecule has 1 heterocycles. The Labute approximate surface area is 149 Å². The Hall–Kier alpha value is -2.86. The third kappa shape index (κ3) is 3.49. The van der Waals surface area contributed by atoms with Gasteiger partial charge in [0.1, 0.15) is 0 Å². The summed E-state index contributed by atoms with van der Waals surface area (Å²) in [5.74, 6) is -0.572. The van der Waals surface area contributed by atoms with Gasteiger partial charge in [0.25, 0.3) is 5.91 Å². The molecule has 0 saturated carbocycles. The number of halogens is 1. The Morgan fingerprint density at radius 3 is 2.72 bits per heavy atom. The first-order valence-corrected chi connectivity index (χ1v) is 8.09. The van der Waals surface area contributed by atoms with Gasteiger partial charge in [0.15, 0.2) is 0 Å².